The van der Waals surface area contributed by atoms with Crippen LogP contribution in [0.4, 0.5) is 0 Å². The molecule has 2 atom stereocenters. The first kappa shape index (κ1) is 36.0. The monoisotopic (exact) mass is 659 g/mol. The van der Waals surface area contributed by atoms with Crippen LogP contribution < -0.4 is 10.2 Å². The zero-order chi connectivity index (χ0) is 34.0. The van der Waals surface area contributed by atoms with E-state index in [2.05, 4.69) is 10.6 Å². The van der Waals surface area contributed by atoms with Gasteiger partial charge in [0.25, 0.3) is 5.88 Å². The molecule has 46 heavy (non-hydrogen) atoms. The van der Waals surface area contributed by atoms with Crippen molar-refractivity contribution in [1.82, 2.24) is 15.6 Å². The lowest BCUT2D eigenvalue weighted by Crippen LogP contribution is -2.47. The van der Waals surface area contributed by atoms with E-state index >= 15 is 0 Å². The number of aliphatic hydroxyl groups excluding tert-OH is 1. The van der Waals surface area contributed by atoms with Crippen molar-refractivity contribution in [3.63, 3.8) is 0 Å². The Hall–Kier alpha value is -4.46. The molecule has 0 saturated heterocycles. The van der Waals surface area contributed by atoms with Crippen LogP contribution in [0, 0.1) is 11.8 Å². The minimum absolute atomic E-state index is 0.0413. The summed E-state index contributed by atoms with van der Waals surface area (Å²) in [5.74, 6) is -4.91. The number of hydrogen-bond acceptors (Lipinski definition) is 11. The largest absolute Gasteiger partial charge is 0.479 e. The van der Waals surface area contributed by atoms with E-state index in [0.717, 1.165) is 17.2 Å². The lowest BCUT2D eigenvalue weighted by molar-refractivity contribution is -0.166. The maximum absolute atomic E-state index is 12.9. The third kappa shape index (κ3) is 11.5. The van der Waals surface area contributed by atoms with Crippen molar-refractivity contribution in [2.24, 2.45) is 11.8 Å². The summed E-state index contributed by atoms with van der Waals surface area (Å²) < 4.78 is 20.8. The van der Waals surface area contributed by atoms with Gasteiger partial charge in [-0.05, 0) is 60.7 Å². The number of esters is 2. The maximum Gasteiger partial charge on any atom is 0.333 e. The highest BCUT2D eigenvalue weighted by Crippen LogP contribution is 2.24. The Morgan fingerprint density at radius 1 is 1.04 bits per heavy atom. The van der Waals surface area contributed by atoms with Crippen molar-refractivity contribution in [1.29, 1.82) is 0 Å². The lowest BCUT2D eigenvalue weighted by Gasteiger charge is -2.24. The average molecular weight is 660 g/mol. The number of carboxylic acid groups (broad SMARTS) is 1. The van der Waals surface area contributed by atoms with Gasteiger partial charge in [0.1, 0.15) is 5.60 Å². The van der Waals surface area contributed by atoms with E-state index in [1.165, 1.54) is 5.01 Å². The molecule has 14 heteroatoms. The molecule has 1 amide bonds. The smallest absolute Gasteiger partial charge is 0.333 e. The highest BCUT2D eigenvalue weighted by Gasteiger charge is 2.29. The van der Waals surface area contributed by atoms with Crippen LogP contribution in [0.25, 0.3) is 11.1 Å². The number of hydrogen-bond donors (Lipinski definition) is 3. The van der Waals surface area contributed by atoms with Crippen LogP contribution in [-0.2, 0) is 30.4 Å². The molecule has 0 radical (unpaired) electrons. The molecular formula is C32H38ClN3O10. The van der Waals surface area contributed by atoms with Crippen molar-refractivity contribution < 1.29 is 48.1 Å². The number of aromatic nitrogens is 1. The number of carbonyl (C=O) groups excluding carboxylic acids is 3. The second kappa shape index (κ2) is 16.2. The average Bonchev–Trinajstić information content (AvgIpc) is 3.44. The van der Waals surface area contributed by atoms with Gasteiger partial charge in [0, 0.05) is 11.6 Å². The zero-order valence-electron chi connectivity index (χ0n) is 26.2. The maximum atomic E-state index is 12.9. The van der Waals surface area contributed by atoms with E-state index < -0.39 is 54.8 Å². The molecule has 0 unspecified atom stereocenters. The third-order valence-electron chi connectivity index (χ3n) is 6.46. The van der Waals surface area contributed by atoms with Crippen molar-refractivity contribution in [2.75, 3.05) is 13.3 Å². The first-order chi connectivity index (χ1) is 21.6. The molecule has 0 saturated carbocycles. The molecule has 3 N–H and O–H groups in total. The van der Waals surface area contributed by atoms with Gasteiger partial charge in [0.2, 0.25) is 12.6 Å². The minimum Gasteiger partial charge on any atom is -0.479 e. The van der Waals surface area contributed by atoms with Crippen molar-refractivity contribution >= 4 is 35.4 Å². The Kier molecular flexibility index (Phi) is 12.7. The van der Waals surface area contributed by atoms with Crippen molar-refractivity contribution in [3.05, 3.63) is 70.9 Å². The highest BCUT2D eigenvalue weighted by atomic mass is 35.5. The third-order valence-corrected chi connectivity index (χ3v) is 6.69. The normalized spacial score (nSPS) is 12.8. The fraction of sp³-hybridized carbons (Fsp3) is 0.406. The summed E-state index contributed by atoms with van der Waals surface area (Å²) >= 11 is 6.09. The molecule has 0 aliphatic heterocycles. The van der Waals surface area contributed by atoms with E-state index in [1.807, 2.05) is 30.3 Å². The number of nitrogens with zero attached hydrogens (tertiary/aromatic N) is 2. The molecule has 1 heterocycles. The van der Waals surface area contributed by atoms with E-state index in [9.17, 15) is 29.4 Å². The van der Waals surface area contributed by atoms with Gasteiger partial charge in [-0.3, -0.25) is 19.8 Å². The summed E-state index contributed by atoms with van der Waals surface area (Å²) in [5, 5.41) is 24.6. The van der Waals surface area contributed by atoms with Gasteiger partial charge < -0.3 is 28.9 Å². The van der Waals surface area contributed by atoms with Crippen LogP contribution >= 0.6 is 11.6 Å². The first-order valence-electron chi connectivity index (χ1n) is 14.4. The Morgan fingerprint density at radius 3 is 2.35 bits per heavy atom. The summed E-state index contributed by atoms with van der Waals surface area (Å²) in [6.45, 7) is 7.77. The fourth-order valence-corrected chi connectivity index (χ4v) is 4.36. The van der Waals surface area contributed by atoms with E-state index in [0.29, 0.717) is 10.6 Å². The zero-order valence-corrected chi connectivity index (χ0v) is 26.9. The molecule has 0 aliphatic carbocycles. The fourth-order valence-electron chi connectivity index (χ4n) is 4.17. The molecule has 0 spiro atoms. The number of halogens is 1. The van der Waals surface area contributed by atoms with Crippen LogP contribution in [0.1, 0.15) is 57.2 Å². The minimum atomic E-state index is -1.79. The highest BCUT2D eigenvalue weighted by molar-refractivity contribution is 6.30. The van der Waals surface area contributed by atoms with Gasteiger partial charge in [-0.1, -0.05) is 61.8 Å². The van der Waals surface area contributed by atoms with Gasteiger partial charge in [-0.15, -0.1) is 0 Å². The second-order valence-corrected chi connectivity index (χ2v) is 12.2. The van der Waals surface area contributed by atoms with Crippen molar-refractivity contribution in [2.45, 2.75) is 59.3 Å². The number of rotatable bonds is 15. The number of hydrazine groups is 1. The number of benzene rings is 2. The Bertz CT molecular complexity index is 1500. The SMILES string of the molecule is CC(C)[C@H](CC(=O)OC(C)(C)C)C(=O)OCOc1cc(C(=O)NN(Cc2ccc(-c3cccc(Cl)c3)cc2)C[C@@H](O)C(=O)O)on1. The van der Waals surface area contributed by atoms with Crippen LogP contribution in [0.2, 0.25) is 5.02 Å². The van der Waals surface area contributed by atoms with Gasteiger partial charge in [0.15, 0.2) is 6.10 Å². The quantitative estimate of drug-likeness (QED) is 0.119. The number of carboxylic acids is 1. The summed E-state index contributed by atoms with van der Waals surface area (Å²) in [4.78, 5) is 49.0. The lowest BCUT2D eigenvalue weighted by atomic mass is 9.92. The van der Waals surface area contributed by atoms with E-state index in [-0.39, 0.29) is 30.5 Å². The Balaban J connectivity index is 1.59. The molecule has 3 rings (SSSR count). The first-order valence-corrected chi connectivity index (χ1v) is 14.8. The standard InChI is InChI=1S/C32H38ClN3O10/c1-19(2)24(14-28(38)45-32(3,4)5)31(42)44-18-43-27-15-26(46-35-27)29(39)34-36(17-25(37)30(40)41)16-20-9-11-21(12-10-20)22-7-6-8-23(33)13-22/h6-13,15,19,24-25,37H,14,16-18H2,1-5H3,(H,34,39)(H,40,41)/t24-,25+/m0/s1. The number of aliphatic carboxylic acids is 1. The van der Waals surface area contributed by atoms with E-state index in [4.69, 9.17) is 30.3 Å². The van der Waals surface area contributed by atoms with Crippen LogP contribution in [0.5, 0.6) is 5.88 Å². The molecule has 13 nitrogen and oxygen atoms in total. The summed E-state index contributed by atoms with van der Waals surface area (Å²) in [6.07, 6.45) is -1.96. The molecule has 0 bridgehead atoms. The number of amides is 1. The topological polar surface area (TPSA) is 178 Å². The number of carbonyl (C=O) groups is 4. The van der Waals surface area contributed by atoms with Gasteiger partial charge in [-0.2, -0.15) is 0 Å². The van der Waals surface area contributed by atoms with Crippen LogP contribution in [0.15, 0.2) is 59.1 Å². The van der Waals surface area contributed by atoms with Gasteiger partial charge in [0.05, 0.1) is 24.9 Å². The predicted molar refractivity (Wildman–Crippen MR) is 165 cm³/mol. The predicted octanol–water partition coefficient (Wildman–Crippen LogP) is 4.47. The van der Waals surface area contributed by atoms with Crippen LogP contribution in [0.3, 0.4) is 0 Å². The number of ether oxygens (including phenoxy) is 3. The summed E-state index contributed by atoms with van der Waals surface area (Å²) in [7, 11) is 0. The Morgan fingerprint density at radius 2 is 1.74 bits per heavy atom. The molecule has 248 valence electrons. The van der Waals surface area contributed by atoms with Crippen molar-refractivity contribution in [3.8, 4) is 17.0 Å². The van der Waals surface area contributed by atoms with Crippen LogP contribution in [-0.4, -0.2) is 69.2 Å². The molecule has 3 aromatic rings. The number of nitrogens with one attached hydrogen (secondary N) is 1. The molecule has 1 aromatic heterocycles. The Labute approximate surface area is 271 Å². The molecule has 2 aromatic carbocycles. The van der Waals surface area contributed by atoms with E-state index in [1.54, 1.807) is 52.8 Å². The second-order valence-electron chi connectivity index (χ2n) is 11.8. The summed E-state index contributed by atoms with van der Waals surface area (Å²) in [5.41, 5.74) is 4.32. The van der Waals surface area contributed by atoms with Gasteiger partial charge >= 0.3 is 23.8 Å². The summed E-state index contributed by atoms with van der Waals surface area (Å²) in [6, 6.07) is 15.8. The molecular weight excluding hydrogens is 622 g/mol. The number of aliphatic hydroxyl groups is 1. The molecule has 0 aliphatic rings. The molecule has 0 fully saturated rings. The van der Waals surface area contributed by atoms with Gasteiger partial charge in [-0.25, -0.2) is 9.80 Å².